The molecule has 0 aliphatic heterocycles. The number of aliphatic hydroxyl groups excluding tert-OH is 1. The number of hydrogen-bond acceptors (Lipinski definition) is 4. The second kappa shape index (κ2) is 7.95. The lowest BCUT2D eigenvalue weighted by molar-refractivity contribution is -0.119. The van der Waals surface area contributed by atoms with Gasteiger partial charge >= 0.3 is 0 Å². The first-order chi connectivity index (χ1) is 9.86. The van der Waals surface area contributed by atoms with Crippen molar-refractivity contribution < 1.29 is 19.0 Å². The van der Waals surface area contributed by atoms with Gasteiger partial charge in [0.15, 0.2) is 0 Å². The minimum absolute atomic E-state index is 0.120. The largest absolute Gasteiger partial charge is 0.389 e. The Morgan fingerprint density at radius 2 is 2.19 bits per heavy atom. The second-order valence-electron chi connectivity index (χ2n) is 5.03. The average molecular weight is 298 g/mol. The Morgan fingerprint density at radius 1 is 1.52 bits per heavy atom. The molecule has 0 spiro atoms. The molecule has 1 rings (SSSR count). The van der Waals surface area contributed by atoms with Gasteiger partial charge in [0, 0.05) is 32.0 Å². The van der Waals surface area contributed by atoms with Crippen LogP contribution in [-0.4, -0.2) is 44.9 Å². The highest BCUT2D eigenvalue weighted by atomic mass is 19.1. The van der Waals surface area contributed by atoms with Crippen molar-refractivity contribution in [3.63, 3.8) is 0 Å². The molecule has 0 aliphatic rings. The zero-order valence-corrected chi connectivity index (χ0v) is 12.9. The number of aliphatic hydroxyl groups is 1. The lowest BCUT2D eigenvalue weighted by Gasteiger charge is -2.24. The quantitative estimate of drug-likeness (QED) is 0.747. The van der Waals surface area contributed by atoms with E-state index in [2.05, 4.69) is 5.32 Å². The normalized spacial score (nSPS) is 12.1. The number of rotatable bonds is 7. The van der Waals surface area contributed by atoms with Crippen molar-refractivity contribution in [1.29, 1.82) is 0 Å². The fourth-order valence-corrected chi connectivity index (χ4v) is 2.00. The summed E-state index contributed by atoms with van der Waals surface area (Å²) in [5, 5.41) is 12.5. The molecule has 118 valence electrons. The minimum Gasteiger partial charge on any atom is -0.389 e. The van der Waals surface area contributed by atoms with Gasteiger partial charge in [-0.1, -0.05) is 0 Å². The molecular weight excluding hydrogens is 275 g/mol. The Labute approximate surface area is 124 Å². The molecule has 1 aromatic carbocycles. The summed E-state index contributed by atoms with van der Waals surface area (Å²) < 4.78 is 18.5. The Morgan fingerprint density at radius 3 is 2.76 bits per heavy atom. The number of amides is 1. The summed E-state index contributed by atoms with van der Waals surface area (Å²) in [7, 11) is 3.29. The van der Waals surface area contributed by atoms with Crippen molar-refractivity contribution in [2.24, 2.45) is 0 Å². The topological polar surface area (TPSA) is 61.8 Å². The van der Waals surface area contributed by atoms with E-state index in [4.69, 9.17) is 4.74 Å². The van der Waals surface area contributed by atoms with Crippen LogP contribution in [0, 0.1) is 12.7 Å². The van der Waals surface area contributed by atoms with Gasteiger partial charge in [-0.3, -0.25) is 4.79 Å². The Kier molecular flexibility index (Phi) is 6.58. The molecule has 5 nitrogen and oxygen atoms in total. The van der Waals surface area contributed by atoms with E-state index >= 15 is 0 Å². The van der Waals surface area contributed by atoms with Crippen LogP contribution < -0.4 is 10.2 Å². The van der Waals surface area contributed by atoms with E-state index in [0.29, 0.717) is 30.0 Å². The van der Waals surface area contributed by atoms with Crippen molar-refractivity contribution >= 4 is 11.6 Å². The van der Waals surface area contributed by atoms with Gasteiger partial charge in [0.2, 0.25) is 5.91 Å². The van der Waals surface area contributed by atoms with E-state index in [9.17, 15) is 14.3 Å². The van der Waals surface area contributed by atoms with Crippen LogP contribution in [0.25, 0.3) is 0 Å². The molecule has 0 bridgehead atoms. The Bertz CT molecular complexity index is 492. The van der Waals surface area contributed by atoms with Gasteiger partial charge in [0.25, 0.3) is 0 Å². The fourth-order valence-electron chi connectivity index (χ4n) is 2.00. The minimum atomic E-state index is -0.811. The molecule has 0 unspecified atom stereocenters. The molecule has 6 heteroatoms. The second-order valence-corrected chi connectivity index (χ2v) is 5.03. The third kappa shape index (κ3) is 4.99. The third-order valence-corrected chi connectivity index (χ3v) is 3.18. The van der Waals surface area contributed by atoms with E-state index < -0.39 is 6.10 Å². The first-order valence-electron chi connectivity index (χ1n) is 6.81. The maximum Gasteiger partial charge on any atom is 0.239 e. The van der Waals surface area contributed by atoms with E-state index in [1.807, 2.05) is 0 Å². The van der Waals surface area contributed by atoms with Crippen LogP contribution >= 0.6 is 0 Å². The summed E-state index contributed by atoms with van der Waals surface area (Å²) in [6.45, 7) is 4.23. The van der Waals surface area contributed by atoms with Crippen molar-refractivity contribution in [3.05, 3.63) is 29.1 Å². The van der Waals surface area contributed by atoms with Crippen molar-refractivity contribution in [2.45, 2.75) is 20.0 Å². The molecular formula is C15H23FN2O3. The van der Waals surface area contributed by atoms with Crippen LogP contribution in [0.3, 0.4) is 0 Å². The van der Waals surface area contributed by atoms with E-state index in [1.54, 1.807) is 39.0 Å². The van der Waals surface area contributed by atoms with E-state index in [0.717, 1.165) is 0 Å². The number of ether oxygens (including phenoxy) is 1. The molecule has 21 heavy (non-hydrogen) atoms. The number of halogens is 1. The van der Waals surface area contributed by atoms with Crippen LogP contribution in [0.2, 0.25) is 0 Å². The molecule has 0 fully saturated rings. The Hall–Kier alpha value is -1.66. The van der Waals surface area contributed by atoms with Crippen molar-refractivity contribution in [2.75, 3.05) is 38.8 Å². The highest BCUT2D eigenvalue weighted by molar-refractivity contribution is 5.81. The average Bonchev–Trinajstić information content (AvgIpc) is 2.41. The number of likely N-dealkylation sites (N-methyl/N-ethyl adjacent to an activating group) is 1. The first kappa shape index (κ1) is 17.4. The summed E-state index contributed by atoms with van der Waals surface area (Å²) in [4.78, 5) is 13.5. The van der Waals surface area contributed by atoms with Gasteiger partial charge in [0.05, 0.1) is 19.3 Å². The third-order valence-electron chi connectivity index (χ3n) is 3.18. The summed E-state index contributed by atoms with van der Waals surface area (Å²) in [6.07, 6.45) is -0.811. The number of benzene rings is 1. The number of carbonyl (C=O) groups is 1. The highest BCUT2D eigenvalue weighted by Gasteiger charge is 2.16. The number of carbonyl (C=O) groups excluding carboxylic acids is 1. The summed E-state index contributed by atoms with van der Waals surface area (Å²) in [5.74, 6) is -0.527. The number of methoxy groups -OCH3 is 1. The summed E-state index contributed by atoms with van der Waals surface area (Å²) in [6, 6.07) is 2.95. The van der Waals surface area contributed by atoms with Gasteiger partial charge in [-0.2, -0.15) is 0 Å². The molecule has 1 atom stereocenters. The number of hydrogen-bond donors (Lipinski definition) is 2. The van der Waals surface area contributed by atoms with Gasteiger partial charge < -0.3 is 20.1 Å². The molecule has 1 amide bonds. The van der Waals surface area contributed by atoms with Gasteiger partial charge in [-0.25, -0.2) is 4.39 Å². The summed E-state index contributed by atoms with van der Waals surface area (Å²) >= 11 is 0. The number of anilines is 1. The van der Waals surface area contributed by atoms with Crippen molar-refractivity contribution in [3.8, 4) is 0 Å². The number of nitrogens with zero attached hydrogens (tertiary/aromatic N) is 1. The van der Waals surface area contributed by atoms with Crippen molar-refractivity contribution in [1.82, 2.24) is 5.32 Å². The smallest absolute Gasteiger partial charge is 0.239 e. The fraction of sp³-hybridized carbons (Fsp3) is 0.533. The number of nitrogens with one attached hydrogen (secondary N) is 1. The SMILES string of the molecule is COCCNC(=O)CN(C)c1cc(C)c(F)cc1[C@H](C)O. The first-order valence-corrected chi connectivity index (χ1v) is 6.81. The molecule has 0 heterocycles. The molecule has 0 aromatic heterocycles. The number of aryl methyl sites for hydroxylation is 1. The van der Waals surface area contributed by atoms with Crippen LogP contribution in [0.4, 0.5) is 10.1 Å². The Balaban J connectivity index is 2.84. The van der Waals surface area contributed by atoms with Crippen LogP contribution in [-0.2, 0) is 9.53 Å². The van der Waals surface area contributed by atoms with Gasteiger partial charge in [-0.15, -0.1) is 0 Å². The zero-order valence-electron chi connectivity index (χ0n) is 12.9. The maximum absolute atomic E-state index is 13.6. The molecule has 2 N–H and O–H groups in total. The molecule has 0 saturated heterocycles. The lowest BCUT2D eigenvalue weighted by Crippen LogP contribution is -2.37. The highest BCUT2D eigenvalue weighted by Crippen LogP contribution is 2.28. The van der Waals surface area contributed by atoms with Crippen LogP contribution in [0.5, 0.6) is 0 Å². The molecule has 0 saturated carbocycles. The zero-order chi connectivity index (χ0) is 16.0. The predicted molar refractivity (Wildman–Crippen MR) is 79.9 cm³/mol. The van der Waals surface area contributed by atoms with Crippen LogP contribution in [0.15, 0.2) is 12.1 Å². The summed E-state index contributed by atoms with van der Waals surface area (Å²) in [5.41, 5.74) is 1.58. The predicted octanol–water partition coefficient (Wildman–Crippen LogP) is 1.39. The monoisotopic (exact) mass is 298 g/mol. The lowest BCUT2D eigenvalue weighted by atomic mass is 10.0. The standard InChI is InChI=1S/C15H23FN2O3/c1-10-7-14(12(11(2)19)8-13(10)16)18(3)9-15(20)17-5-6-21-4/h7-8,11,19H,5-6,9H2,1-4H3,(H,17,20)/t11-/m0/s1. The molecule has 0 aliphatic carbocycles. The van der Waals surface area contributed by atoms with Crippen LogP contribution in [0.1, 0.15) is 24.2 Å². The van der Waals surface area contributed by atoms with Gasteiger partial charge in [-0.05, 0) is 31.5 Å². The molecule has 0 radical (unpaired) electrons. The maximum atomic E-state index is 13.6. The van der Waals surface area contributed by atoms with Gasteiger partial charge in [0.1, 0.15) is 5.82 Å². The van der Waals surface area contributed by atoms with E-state index in [1.165, 1.54) is 6.07 Å². The van der Waals surface area contributed by atoms with E-state index in [-0.39, 0.29) is 18.3 Å². The molecule has 1 aromatic rings.